The third-order valence-electron chi connectivity index (χ3n) is 7.70. The summed E-state index contributed by atoms with van der Waals surface area (Å²) in [4.78, 5) is 33.2. The van der Waals surface area contributed by atoms with Gasteiger partial charge in [-0.2, -0.15) is 5.10 Å². The number of rotatable bonds is 7. The largest absolute Gasteiger partial charge is 0.350 e. The lowest BCUT2D eigenvalue weighted by Crippen LogP contribution is -2.42. The van der Waals surface area contributed by atoms with Crippen LogP contribution in [0.15, 0.2) is 97.3 Å². The molecule has 5 aromatic rings. The fraction of sp³-hybridized carbons (Fsp3) is 0.200. The second-order valence-electron chi connectivity index (χ2n) is 10.8. The van der Waals surface area contributed by atoms with E-state index in [0.717, 1.165) is 50.3 Å². The number of amides is 2. The average Bonchev–Trinajstić information content (AvgIpc) is 3.34. The molecule has 3 heterocycles. The summed E-state index contributed by atoms with van der Waals surface area (Å²) in [6.07, 6.45) is 3.42. The second kappa shape index (κ2) is 12.3. The number of pyridine rings is 1. The van der Waals surface area contributed by atoms with Crippen molar-refractivity contribution in [2.24, 2.45) is 0 Å². The first-order chi connectivity index (χ1) is 20.9. The fourth-order valence-electron chi connectivity index (χ4n) is 5.57. The summed E-state index contributed by atoms with van der Waals surface area (Å²) in [5.74, 6) is 0.470. The number of aryl methyl sites for hydroxylation is 3. The molecular formula is C35H33N5O2S. The predicted molar refractivity (Wildman–Crippen MR) is 172 cm³/mol. The highest BCUT2D eigenvalue weighted by Gasteiger charge is 2.38. The van der Waals surface area contributed by atoms with Crippen molar-refractivity contribution in [2.45, 2.75) is 32.6 Å². The number of hydrogen-bond acceptors (Lipinski definition) is 5. The molecule has 7 nitrogen and oxygen atoms in total. The predicted octanol–water partition coefficient (Wildman–Crippen LogP) is 6.35. The highest BCUT2D eigenvalue weighted by atomic mass is 32.2. The van der Waals surface area contributed by atoms with Gasteiger partial charge in [-0.3, -0.25) is 19.5 Å². The molecule has 1 aliphatic heterocycles. The number of fused-ring (bicyclic) bond motifs is 1. The lowest BCUT2D eigenvalue weighted by molar-refractivity contribution is -0.123. The number of aromatic nitrogens is 3. The smallest absolute Gasteiger partial charge is 0.240 e. The first-order valence-corrected chi connectivity index (χ1v) is 15.3. The highest BCUT2D eigenvalue weighted by molar-refractivity contribution is 8.00. The molecule has 2 amide bonds. The standard InChI is InChI=1S/C35H33N5O2S/c1-23-15-16-29(25(3)18-23)40-35-32(33(38-40)27-12-5-4-6-13-27)34(28-14-8-7-10-24(28)2)43-22-31(42)39(35)21-30(41)37-20-26-11-9-17-36-19-26/h4-19,34H,20-22H2,1-3H3,(H,37,41). The maximum Gasteiger partial charge on any atom is 0.240 e. The Labute approximate surface area is 256 Å². The number of carbonyl (C=O) groups is 2. The van der Waals surface area contributed by atoms with E-state index in [-0.39, 0.29) is 29.4 Å². The van der Waals surface area contributed by atoms with Gasteiger partial charge in [0.2, 0.25) is 11.8 Å². The molecule has 216 valence electrons. The van der Waals surface area contributed by atoms with Gasteiger partial charge in [-0.15, -0.1) is 11.8 Å². The lowest BCUT2D eigenvalue weighted by Gasteiger charge is -2.24. The number of anilines is 1. The number of nitrogens with zero attached hydrogens (tertiary/aromatic N) is 4. The minimum atomic E-state index is -0.253. The molecule has 0 bridgehead atoms. The molecule has 1 atom stereocenters. The Bertz CT molecular complexity index is 1790. The second-order valence-corrected chi connectivity index (χ2v) is 11.9. The molecule has 3 aromatic carbocycles. The molecule has 43 heavy (non-hydrogen) atoms. The first kappa shape index (κ1) is 28.4. The third-order valence-corrected chi connectivity index (χ3v) is 8.94. The van der Waals surface area contributed by atoms with Gasteiger partial charge in [-0.05, 0) is 55.2 Å². The summed E-state index contributed by atoms with van der Waals surface area (Å²) in [7, 11) is 0. The quantitative estimate of drug-likeness (QED) is 0.240. The van der Waals surface area contributed by atoms with Crippen LogP contribution in [0.3, 0.4) is 0 Å². The van der Waals surface area contributed by atoms with Crippen LogP contribution in [0, 0.1) is 20.8 Å². The fourth-order valence-corrected chi connectivity index (χ4v) is 6.86. The minimum Gasteiger partial charge on any atom is -0.350 e. The maximum absolute atomic E-state index is 14.0. The maximum atomic E-state index is 14.0. The Morgan fingerprint density at radius 1 is 0.953 bits per heavy atom. The molecule has 6 rings (SSSR count). The van der Waals surface area contributed by atoms with Crippen LogP contribution in [0.1, 0.15) is 38.6 Å². The summed E-state index contributed by atoms with van der Waals surface area (Å²) in [6.45, 7) is 6.41. The van der Waals surface area contributed by atoms with Crippen molar-refractivity contribution >= 4 is 29.4 Å². The van der Waals surface area contributed by atoms with Crippen LogP contribution in [0.2, 0.25) is 0 Å². The van der Waals surface area contributed by atoms with Gasteiger partial charge in [0, 0.05) is 30.1 Å². The Hall–Kier alpha value is -4.69. The Morgan fingerprint density at radius 2 is 1.74 bits per heavy atom. The van der Waals surface area contributed by atoms with Crippen molar-refractivity contribution in [1.82, 2.24) is 20.1 Å². The molecule has 1 unspecified atom stereocenters. The molecule has 0 spiro atoms. The zero-order valence-corrected chi connectivity index (χ0v) is 25.3. The van der Waals surface area contributed by atoms with E-state index in [2.05, 4.69) is 55.3 Å². The third kappa shape index (κ3) is 5.83. The average molecular weight is 588 g/mol. The van der Waals surface area contributed by atoms with Gasteiger partial charge in [-0.1, -0.05) is 78.4 Å². The summed E-state index contributed by atoms with van der Waals surface area (Å²) in [5, 5.41) is 8.03. The van der Waals surface area contributed by atoms with Gasteiger partial charge in [0.25, 0.3) is 0 Å². The summed E-state index contributed by atoms with van der Waals surface area (Å²) in [6, 6.07) is 28.3. The molecule has 1 N–H and O–H groups in total. The van der Waals surface area contributed by atoms with Crippen LogP contribution in [0.25, 0.3) is 16.9 Å². The highest BCUT2D eigenvalue weighted by Crippen LogP contribution is 2.49. The van der Waals surface area contributed by atoms with E-state index in [0.29, 0.717) is 12.4 Å². The zero-order chi connectivity index (χ0) is 29.9. The molecular weight excluding hydrogens is 554 g/mol. The van der Waals surface area contributed by atoms with Gasteiger partial charge in [0.05, 0.1) is 22.4 Å². The SMILES string of the molecule is Cc1ccc(-n2nc(-c3ccccc3)c3c2N(CC(=O)NCc2cccnc2)C(=O)CSC3c2ccccc2C)c(C)c1. The number of benzene rings is 3. The van der Waals surface area contributed by atoms with Gasteiger partial charge < -0.3 is 5.32 Å². The van der Waals surface area contributed by atoms with E-state index in [9.17, 15) is 9.59 Å². The van der Waals surface area contributed by atoms with Crippen LogP contribution >= 0.6 is 11.8 Å². The van der Waals surface area contributed by atoms with Crippen LogP contribution in [-0.2, 0) is 16.1 Å². The van der Waals surface area contributed by atoms with Crippen LogP contribution in [0.4, 0.5) is 5.82 Å². The summed E-state index contributed by atoms with van der Waals surface area (Å²) >= 11 is 1.58. The topological polar surface area (TPSA) is 80.1 Å². The lowest BCUT2D eigenvalue weighted by atomic mass is 9.96. The molecule has 8 heteroatoms. The van der Waals surface area contributed by atoms with Crippen LogP contribution < -0.4 is 10.2 Å². The monoisotopic (exact) mass is 587 g/mol. The van der Waals surface area contributed by atoms with Crippen molar-refractivity contribution in [3.63, 3.8) is 0 Å². The van der Waals surface area contributed by atoms with Crippen LogP contribution in [0.5, 0.6) is 0 Å². The molecule has 0 saturated heterocycles. The zero-order valence-electron chi connectivity index (χ0n) is 24.4. The van der Waals surface area contributed by atoms with Crippen LogP contribution in [-0.4, -0.2) is 38.9 Å². The van der Waals surface area contributed by atoms with E-state index in [1.807, 2.05) is 65.3 Å². The van der Waals surface area contributed by atoms with Gasteiger partial charge >= 0.3 is 0 Å². The number of thioether (sulfide) groups is 1. The Kier molecular flexibility index (Phi) is 8.11. The van der Waals surface area contributed by atoms with Gasteiger partial charge in [0.15, 0.2) is 0 Å². The molecule has 0 radical (unpaired) electrons. The molecule has 2 aromatic heterocycles. The Morgan fingerprint density at radius 3 is 2.49 bits per heavy atom. The first-order valence-electron chi connectivity index (χ1n) is 14.3. The van der Waals surface area contributed by atoms with E-state index in [1.54, 1.807) is 29.1 Å². The van der Waals surface area contributed by atoms with E-state index in [4.69, 9.17) is 5.10 Å². The van der Waals surface area contributed by atoms with E-state index >= 15 is 0 Å². The number of nitrogens with one attached hydrogen (secondary N) is 1. The van der Waals surface area contributed by atoms with Crippen molar-refractivity contribution in [3.05, 3.63) is 131 Å². The summed E-state index contributed by atoms with van der Waals surface area (Å²) in [5.41, 5.74) is 8.87. The normalized spacial score (nSPS) is 14.7. The van der Waals surface area contributed by atoms with Crippen molar-refractivity contribution in [3.8, 4) is 16.9 Å². The van der Waals surface area contributed by atoms with Crippen molar-refractivity contribution in [2.75, 3.05) is 17.2 Å². The van der Waals surface area contributed by atoms with E-state index in [1.165, 1.54) is 0 Å². The van der Waals surface area contributed by atoms with Gasteiger partial charge in [-0.25, -0.2) is 4.68 Å². The van der Waals surface area contributed by atoms with E-state index < -0.39 is 0 Å². The molecule has 0 fully saturated rings. The molecule has 0 saturated carbocycles. The van der Waals surface area contributed by atoms with Crippen molar-refractivity contribution in [1.29, 1.82) is 0 Å². The summed E-state index contributed by atoms with van der Waals surface area (Å²) < 4.78 is 1.87. The minimum absolute atomic E-state index is 0.127. The Balaban J connectivity index is 1.55. The van der Waals surface area contributed by atoms with Gasteiger partial charge in [0.1, 0.15) is 12.4 Å². The van der Waals surface area contributed by atoms with Crippen molar-refractivity contribution < 1.29 is 9.59 Å². The number of carbonyl (C=O) groups excluding carboxylic acids is 2. The molecule has 1 aliphatic rings. The number of hydrogen-bond donors (Lipinski definition) is 1. The molecule has 0 aliphatic carbocycles.